The summed E-state index contributed by atoms with van der Waals surface area (Å²) in [6, 6.07) is 5.35. The normalized spacial score (nSPS) is 11.2. The number of carboxylic acid groups (broad SMARTS) is 1. The van der Waals surface area contributed by atoms with Gasteiger partial charge in [-0.1, -0.05) is 26.0 Å². The van der Waals surface area contributed by atoms with Gasteiger partial charge in [-0.25, -0.2) is 4.79 Å². The van der Waals surface area contributed by atoms with Crippen molar-refractivity contribution >= 4 is 33.0 Å². The lowest BCUT2D eigenvalue weighted by Gasteiger charge is -2.02. The van der Waals surface area contributed by atoms with E-state index in [0.29, 0.717) is 11.5 Å². The Bertz CT molecular complexity index is 557. The molecule has 0 aliphatic heterocycles. The van der Waals surface area contributed by atoms with Gasteiger partial charge in [0.25, 0.3) is 0 Å². The van der Waals surface area contributed by atoms with Gasteiger partial charge in [0.2, 0.25) is 0 Å². The van der Waals surface area contributed by atoms with Gasteiger partial charge in [-0.05, 0) is 17.5 Å². The first-order valence-electron chi connectivity index (χ1n) is 5.05. The second-order valence-electron chi connectivity index (χ2n) is 4.06. The van der Waals surface area contributed by atoms with Crippen LogP contribution in [0.25, 0.3) is 10.9 Å². The van der Waals surface area contributed by atoms with E-state index >= 15 is 0 Å². The highest BCUT2D eigenvalue weighted by atomic mass is 79.9. The number of halogens is 1. The molecule has 1 N–H and O–H groups in total. The van der Waals surface area contributed by atoms with Crippen LogP contribution in [0.15, 0.2) is 24.4 Å². The molecule has 4 heteroatoms. The van der Waals surface area contributed by atoms with E-state index in [1.165, 1.54) is 0 Å². The Labute approximate surface area is 102 Å². The molecule has 0 amide bonds. The summed E-state index contributed by atoms with van der Waals surface area (Å²) in [5.41, 5.74) is 2.19. The number of carbonyl (C=O) groups is 1. The molecule has 16 heavy (non-hydrogen) atoms. The third-order valence-corrected chi connectivity index (χ3v) is 3.22. The molecule has 3 nitrogen and oxygen atoms in total. The van der Waals surface area contributed by atoms with E-state index in [1.54, 1.807) is 15.7 Å². The summed E-state index contributed by atoms with van der Waals surface area (Å²) < 4.78 is 1.71. The number of aromatic nitrogens is 1. The Kier molecular flexibility index (Phi) is 2.76. The molecule has 1 aromatic heterocycles. The maximum atomic E-state index is 11.1. The van der Waals surface area contributed by atoms with Crippen molar-refractivity contribution < 1.29 is 9.90 Å². The number of benzene rings is 1. The SMILES string of the molecule is CC(C)c1cn(Br)c2c(C(=O)O)cccc12. The van der Waals surface area contributed by atoms with Crippen LogP contribution in [0.5, 0.6) is 0 Å². The molecule has 0 saturated carbocycles. The molecule has 0 aliphatic carbocycles. The van der Waals surface area contributed by atoms with Crippen molar-refractivity contribution in [2.24, 2.45) is 0 Å². The fraction of sp³-hybridized carbons (Fsp3) is 0.250. The summed E-state index contributed by atoms with van der Waals surface area (Å²) in [5.74, 6) is -0.537. The molecule has 0 aliphatic rings. The van der Waals surface area contributed by atoms with Gasteiger partial charge < -0.3 is 5.11 Å². The van der Waals surface area contributed by atoms with E-state index in [9.17, 15) is 4.79 Å². The van der Waals surface area contributed by atoms with Gasteiger partial charge in [0.15, 0.2) is 0 Å². The van der Waals surface area contributed by atoms with Crippen molar-refractivity contribution in [1.82, 2.24) is 3.59 Å². The highest BCUT2D eigenvalue weighted by molar-refractivity contribution is 9.08. The van der Waals surface area contributed by atoms with Gasteiger partial charge in [0, 0.05) is 11.6 Å². The van der Waals surface area contributed by atoms with Crippen LogP contribution < -0.4 is 0 Å². The zero-order valence-corrected chi connectivity index (χ0v) is 10.7. The number of rotatable bonds is 2. The van der Waals surface area contributed by atoms with Gasteiger partial charge in [-0.15, -0.1) is 0 Å². The van der Waals surface area contributed by atoms with Crippen molar-refractivity contribution in [2.75, 3.05) is 0 Å². The van der Waals surface area contributed by atoms with Gasteiger partial charge >= 0.3 is 5.97 Å². The minimum absolute atomic E-state index is 0.321. The van der Waals surface area contributed by atoms with Crippen LogP contribution in [0.1, 0.15) is 35.7 Å². The standard InChI is InChI=1S/C12H12BrNO2/c1-7(2)10-6-14(13)11-8(10)4-3-5-9(11)12(15)16/h3-7H,1-2H3,(H,15,16). The molecule has 2 aromatic rings. The van der Waals surface area contributed by atoms with E-state index in [2.05, 4.69) is 30.0 Å². The molecule has 2 rings (SSSR count). The molecule has 1 heterocycles. The highest BCUT2D eigenvalue weighted by Crippen LogP contribution is 2.30. The van der Waals surface area contributed by atoms with Gasteiger partial charge in [0.1, 0.15) is 0 Å². The third-order valence-electron chi connectivity index (χ3n) is 2.67. The van der Waals surface area contributed by atoms with Crippen LogP contribution in [-0.2, 0) is 0 Å². The van der Waals surface area contributed by atoms with Gasteiger partial charge in [0.05, 0.1) is 27.2 Å². The maximum Gasteiger partial charge on any atom is 0.337 e. The highest BCUT2D eigenvalue weighted by Gasteiger charge is 2.16. The summed E-state index contributed by atoms with van der Waals surface area (Å²) >= 11 is 3.36. The van der Waals surface area contributed by atoms with Crippen LogP contribution >= 0.6 is 16.1 Å². The molecule has 0 saturated heterocycles. The molecular weight excluding hydrogens is 270 g/mol. The topological polar surface area (TPSA) is 42.2 Å². The van der Waals surface area contributed by atoms with Crippen molar-refractivity contribution in [3.63, 3.8) is 0 Å². The molecule has 84 valence electrons. The number of hydrogen-bond donors (Lipinski definition) is 1. The zero-order chi connectivity index (χ0) is 11.9. The van der Waals surface area contributed by atoms with E-state index in [1.807, 2.05) is 12.3 Å². The van der Waals surface area contributed by atoms with Crippen molar-refractivity contribution in [3.8, 4) is 0 Å². The monoisotopic (exact) mass is 281 g/mol. The number of fused-ring (bicyclic) bond motifs is 1. The summed E-state index contributed by atoms with van der Waals surface area (Å²) in [6.45, 7) is 4.18. The Morgan fingerprint density at radius 1 is 1.44 bits per heavy atom. The van der Waals surface area contributed by atoms with Crippen LogP contribution in [0.4, 0.5) is 0 Å². The Morgan fingerprint density at radius 3 is 2.69 bits per heavy atom. The molecule has 0 spiro atoms. The van der Waals surface area contributed by atoms with Crippen molar-refractivity contribution in [1.29, 1.82) is 0 Å². The second-order valence-corrected chi connectivity index (χ2v) is 4.82. The smallest absolute Gasteiger partial charge is 0.337 e. The van der Waals surface area contributed by atoms with Crippen LogP contribution in [-0.4, -0.2) is 14.7 Å². The van der Waals surface area contributed by atoms with Gasteiger partial charge in [-0.3, -0.25) is 3.59 Å². The fourth-order valence-corrected chi connectivity index (χ4v) is 2.50. The number of nitrogens with zero attached hydrogens (tertiary/aromatic N) is 1. The number of carboxylic acids is 1. The maximum absolute atomic E-state index is 11.1. The summed E-state index contributed by atoms with van der Waals surface area (Å²) in [5, 5.41) is 10.1. The first-order valence-corrected chi connectivity index (χ1v) is 5.76. The molecule has 0 fully saturated rings. The van der Waals surface area contributed by atoms with E-state index in [-0.39, 0.29) is 0 Å². The van der Waals surface area contributed by atoms with Crippen molar-refractivity contribution in [2.45, 2.75) is 19.8 Å². The minimum atomic E-state index is -0.903. The van der Waals surface area contributed by atoms with Crippen LogP contribution in [0, 0.1) is 0 Å². The lowest BCUT2D eigenvalue weighted by Crippen LogP contribution is -1.98. The number of para-hydroxylation sites is 1. The number of aromatic carboxylic acids is 1. The van der Waals surface area contributed by atoms with E-state index < -0.39 is 5.97 Å². The van der Waals surface area contributed by atoms with Gasteiger partial charge in [-0.2, -0.15) is 0 Å². The first kappa shape index (κ1) is 11.2. The average Bonchev–Trinajstić information content (AvgIpc) is 2.56. The predicted octanol–water partition coefficient (Wildman–Crippen LogP) is 3.62. The molecular formula is C12H12BrNO2. The molecule has 0 atom stereocenters. The van der Waals surface area contributed by atoms with E-state index in [4.69, 9.17) is 5.11 Å². The Hall–Kier alpha value is -1.29. The van der Waals surface area contributed by atoms with Crippen LogP contribution in [0.2, 0.25) is 0 Å². The fourth-order valence-electron chi connectivity index (χ4n) is 1.90. The van der Waals surface area contributed by atoms with E-state index in [0.717, 1.165) is 16.5 Å². The third kappa shape index (κ3) is 1.63. The summed E-state index contributed by atoms with van der Waals surface area (Å²) in [7, 11) is 0. The molecule has 0 radical (unpaired) electrons. The Morgan fingerprint density at radius 2 is 2.12 bits per heavy atom. The summed E-state index contributed by atoms with van der Waals surface area (Å²) in [6.07, 6.45) is 1.93. The lowest BCUT2D eigenvalue weighted by atomic mass is 10.0. The average molecular weight is 282 g/mol. The molecule has 0 unspecified atom stereocenters. The Balaban J connectivity index is 2.84. The summed E-state index contributed by atoms with van der Waals surface area (Å²) in [4.78, 5) is 11.1. The minimum Gasteiger partial charge on any atom is -0.478 e. The largest absolute Gasteiger partial charge is 0.478 e. The first-order chi connectivity index (χ1) is 7.52. The lowest BCUT2D eigenvalue weighted by molar-refractivity contribution is 0.0699. The van der Waals surface area contributed by atoms with Crippen molar-refractivity contribution in [3.05, 3.63) is 35.5 Å². The zero-order valence-electron chi connectivity index (χ0n) is 9.07. The molecule has 1 aromatic carbocycles. The second kappa shape index (κ2) is 3.94. The number of hydrogen-bond acceptors (Lipinski definition) is 1. The predicted molar refractivity (Wildman–Crippen MR) is 67.3 cm³/mol. The molecule has 0 bridgehead atoms. The quantitative estimate of drug-likeness (QED) is 0.914. The van der Waals surface area contributed by atoms with Crippen LogP contribution in [0.3, 0.4) is 0 Å².